The number of aromatic nitrogens is 4. The number of hydrogen-bond acceptors (Lipinski definition) is 8. The van der Waals surface area contributed by atoms with Crippen LogP contribution >= 0.6 is 0 Å². The first kappa shape index (κ1) is 24.1. The Balaban J connectivity index is 1.73. The van der Waals surface area contributed by atoms with Gasteiger partial charge in [0.25, 0.3) is 5.91 Å². The second-order valence-electron chi connectivity index (χ2n) is 8.01. The summed E-state index contributed by atoms with van der Waals surface area (Å²) in [5.74, 6) is 1.98. The van der Waals surface area contributed by atoms with Crippen LogP contribution in [0.4, 0.5) is 11.6 Å². The molecule has 0 spiro atoms. The van der Waals surface area contributed by atoms with Crippen LogP contribution in [0, 0.1) is 0 Å². The minimum atomic E-state index is -0.583. The van der Waals surface area contributed by atoms with Crippen LogP contribution in [0.15, 0.2) is 53.7 Å². The van der Waals surface area contributed by atoms with Crippen molar-refractivity contribution in [2.75, 3.05) is 31.0 Å². The molecule has 0 saturated heterocycles. The molecule has 1 aliphatic rings. The van der Waals surface area contributed by atoms with Gasteiger partial charge in [-0.2, -0.15) is 4.68 Å². The first-order chi connectivity index (χ1) is 17.1. The third-order valence-corrected chi connectivity index (χ3v) is 5.65. The van der Waals surface area contributed by atoms with Crippen LogP contribution in [-0.2, 0) is 4.79 Å². The number of carbonyl (C=O) groups is 1. The first-order valence-corrected chi connectivity index (χ1v) is 11.7. The van der Waals surface area contributed by atoms with E-state index < -0.39 is 6.04 Å². The van der Waals surface area contributed by atoms with Crippen molar-refractivity contribution in [2.24, 2.45) is 0 Å². The molecule has 2 N–H and O–H groups in total. The number of allylic oxidation sites excluding steroid dienone is 1. The van der Waals surface area contributed by atoms with E-state index in [1.807, 2.05) is 44.2 Å². The van der Waals surface area contributed by atoms with Crippen molar-refractivity contribution < 1.29 is 19.0 Å². The van der Waals surface area contributed by atoms with Crippen molar-refractivity contribution >= 4 is 17.5 Å². The largest absolute Gasteiger partial charge is 0.495 e. The summed E-state index contributed by atoms with van der Waals surface area (Å²) in [6.45, 7) is 6.94. The Morgan fingerprint density at radius 3 is 2.71 bits per heavy atom. The highest BCUT2D eigenvalue weighted by molar-refractivity contribution is 6.06. The van der Waals surface area contributed by atoms with Crippen LogP contribution < -0.4 is 24.8 Å². The van der Waals surface area contributed by atoms with Gasteiger partial charge in [-0.05, 0) is 60.5 Å². The van der Waals surface area contributed by atoms with Crippen LogP contribution in [0.25, 0.3) is 0 Å². The van der Waals surface area contributed by atoms with E-state index in [1.165, 1.54) is 0 Å². The average Bonchev–Trinajstić information content (AvgIpc) is 3.32. The van der Waals surface area contributed by atoms with Crippen LogP contribution in [0.3, 0.4) is 0 Å². The number of hydrogen-bond donors (Lipinski definition) is 2. The number of benzene rings is 2. The molecule has 10 nitrogen and oxygen atoms in total. The molecule has 1 unspecified atom stereocenters. The lowest BCUT2D eigenvalue weighted by atomic mass is 9.94. The number of rotatable bonds is 10. The minimum absolute atomic E-state index is 0.299. The highest BCUT2D eigenvalue weighted by Gasteiger charge is 2.35. The van der Waals surface area contributed by atoms with Gasteiger partial charge in [0.05, 0.1) is 31.6 Å². The molecule has 2 aromatic carbocycles. The van der Waals surface area contributed by atoms with Crippen molar-refractivity contribution in [3.05, 3.63) is 59.3 Å². The summed E-state index contributed by atoms with van der Waals surface area (Å²) in [6.07, 6.45) is 1.98. The minimum Gasteiger partial charge on any atom is -0.495 e. The zero-order chi connectivity index (χ0) is 24.8. The van der Waals surface area contributed by atoms with E-state index in [1.54, 1.807) is 23.9 Å². The van der Waals surface area contributed by atoms with Gasteiger partial charge in [0, 0.05) is 5.70 Å². The number of para-hydroxylation sites is 2. The van der Waals surface area contributed by atoms with Crippen molar-refractivity contribution in [3.63, 3.8) is 0 Å². The van der Waals surface area contributed by atoms with Crippen LogP contribution in [0.2, 0.25) is 0 Å². The Bertz CT molecular complexity index is 1220. The standard InChI is InChI=1S/C25H30N6O4/c1-5-7-14-35-20-13-12-17(15-21(20)34-6-2)23-22(16(3)26-25-28-29-30-31(23)25)24(32)27-18-10-8-9-11-19(18)33-4/h8-13,15,23H,5-7,14H2,1-4H3,(H,27,32)(H,26,28,30). The zero-order valence-electron chi connectivity index (χ0n) is 20.4. The summed E-state index contributed by atoms with van der Waals surface area (Å²) in [7, 11) is 1.56. The predicted molar refractivity (Wildman–Crippen MR) is 132 cm³/mol. The Morgan fingerprint density at radius 1 is 1.11 bits per heavy atom. The smallest absolute Gasteiger partial charge is 0.255 e. The van der Waals surface area contributed by atoms with Gasteiger partial charge in [0.2, 0.25) is 5.95 Å². The lowest BCUT2D eigenvalue weighted by Crippen LogP contribution is -2.31. The van der Waals surface area contributed by atoms with E-state index in [9.17, 15) is 4.79 Å². The van der Waals surface area contributed by atoms with Crippen molar-refractivity contribution in [3.8, 4) is 17.2 Å². The molecule has 0 aliphatic carbocycles. The molecule has 4 rings (SSSR count). The number of ether oxygens (including phenoxy) is 3. The number of anilines is 2. The van der Waals surface area contributed by atoms with Crippen molar-refractivity contribution in [1.82, 2.24) is 20.2 Å². The van der Waals surface area contributed by atoms with Gasteiger partial charge in [0.15, 0.2) is 11.5 Å². The quantitative estimate of drug-likeness (QED) is 0.417. The number of unbranched alkanes of at least 4 members (excludes halogenated alkanes) is 1. The fourth-order valence-electron chi connectivity index (χ4n) is 3.96. The molecule has 3 aromatic rings. The molecule has 0 fully saturated rings. The number of carbonyl (C=O) groups excluding carboxylic acids is 1. The summed E-state index contributed by atoms with van der Waals surface area (Å²) in [6, 6.07) is 12.3. The zero-order valence-corrected chi connectivity index (χ0v) is 20.4. The summed E-state index contributed by atoms with van der Waals surface area (Å²) < 4.78 is 18.8. The fraction of sp³-hybridized carbons (Fsp3) is 0.360. The molecule has 1 atom stereocenters. The third-order valence-electron chi connectivity index (χ3n) is 5.65. The molecule has 0 saturated carbocycles. The van der Waals surface area contributed by atoms with Crippen LogP contribution in [0.5, 0.6) is 17.2 Å². The number of nitrogens with one attached hydrogen (secondary N) is 2. The lowest BCUT2D eigenvalue weighted by molar-refractivity contribution is -0.113. The molecule has 35 heavy (non-hydrogen) atoms. The number of nitrogens with zero attached hydrogens (tertiary/aromatic N) is 4. The summed E-state index contributed by atoms with van der Waals surface area (Å²) >= 11 is 0. The molecule has 1 aromatic heterocycles. The molecule has 10 heteroatoms. The normalized spacial score (nSPS) is 14.7. The van der Waals surface area contributed by atoms with Gasteiger partial charge in [-0.25, -0.2) is 0 Å². The third kappa shape index (κ3) is 5.06. The van der Waals surface area contributed by atoms with Crippen LogP contribution in [0.1, 0.15) is 45.2 Å². The maximum atomic E-state index is 13.6. The molecule has 1 aliphatic heterocycles. The number of methoxy groups -OCH3 is 1. The summed E-state index contributed by atoms with van der Waals surface area (Å²) in [5, 5.41) is 18.1. The van der Waals surface area contributed by atoms with Crippen molar-refractivity contribution in [1.29, 1.82) is 0 Å². The maximum Gasteiger partial charge on any atom is 0.255 e. The Hall–Kier alpha value is -4.08. The monoisotopic (exact) mass is 478 g/mol. The second-order valence-corrected chi connectivity index (χ2v) is 8.01. The maximum absolute atomic E-state index is 13.6. The Kier molecular flexibility index (Phi) is 7.49. The van der Waals surface area contributed by atoms with Gasteiger partial charge >= 0.3 is 0 Å². The van der Waals surface area contributed by atoms with E-state index in [2.05, 4.69) is 33.1 Å². The van der Waals surface area contributed by atoms with Gasteiger partial charge < -0.3 is 24.8 Å². The molecule has 0 radical (unpaired) electrons. The Morgan fingerprint density at radius 2 is 1.94 bits per heavy atom. The first-order valence-electron chi connectivity index (χ1n) is 11.7. The predicted octanol–water partition coefficient (Wildman–Crippen LogP) is 4.19. The Labute approximate surface area is 204 Å². The highest BCUT2D eigenvalue weighted by atomic mass is 16.5. The van der Waals surface area contributed by atoms with Gasteiger partial charge in [-0.1, -0.05) is 36.6 Å². The van der Waals surface area contributed by atoms with E-state index in [0.29, 0.717) is 53.4 Å². The summed E-state index contributed by atoms with van der Waals surface area (Å²) in [4.78, 5) is 13.6. The molecule has 184 valence electrons. The molecular weight excluding hydrogens is 448 g/mol. The van der Waals surface area contributed by atoms with Gasteiger partial charge in [0.1, 0.15) is 11.8 Å². The molecule has 0 bridgehead atoms. The number of fused-ring (bicyclic) bond motifs is 1. The SMILES string of the molecule is CCCCOc1ccc(C2C(C(=O)Nc3ccccc3OC)=C(C)Nc3nnnn32)cc1OCC. The summed E-state index contributed by atoms with van der Waals surface area (Å²) in [5.41, 5.74) is 2.47. The fourth-order valence-corrected chi connectivity index (χ4v) is 3.96. The molecule has 2 heterocycles. The molecule has 1 amide bonds. The van der Waals surface area contributed by atoms with E-state index in [-0.39, 0.29) is 5.91 Å². The lowest BCUT2D eigenvalue weighted by Gasteiger charge is -2.28. The van der Waals surface area contributed by atoms with Gasteiger partial charge in [-0.15, -0.1) is 0 Å². The topological polar surface area (TPSA) is 112 Å². The van der Waals surface area contributed by atoms with Crippen molar-refractivity contribution in [2.45, 2.75) is 39.7 Å². The number of tetrazole rings is 1. The van der Waals surface area contributed by atoms with E-state index in [4.69, 9.17) is 14.2 Å². The average molecular weight is 479 g/mol. The van der Waals surface area contributed by atoms with E-state index in [0.717, 1.165) is 18.4 Å². The van der Waals surface area contributed by atoms with Gasteiger partial charge in [-0.3, -0.25) is 4.79 Å². The van der Waals surface area contributed by atoms with E-state index >= 15 is 0 Å². The number of amides is 1. The molecular formula is C25H30N6O4. The van der Waals surface area contributed by atoms with Crippen LogP contribution in [-0.4, -0.2) is 46.4 Å². The highest BCUT2D eigenvalue weighted by Crippen LogP contribution is 2.39. The second kappa shape index (κ2) is 10.9.